The molecule has 3 rings (SSSR count). The first-order valence-electron chi connectivity index (χ1n) is 9.35. The standard InChI is InChI=1S/C18H24F2N4O4S2/c1-13-18(14(2)22(3)21-13)30(27,28)24-6-4-5-23(7-8-24)29(25,26)12-15-9-16(19)11-17(20)10-15/h9-11H,4-8,12H2,1-3H3. The molecule has 1 saturated heterocycles. The van der Waals surface area contributed by atoms with Crippen LogP contribution >= 0.6 is 0 Å². The topological polar surface area (TPSA) is 92.6 Å². The van der Waals surface area contributed by atoms with Crippen LogP contribution in [-0.2, 0) is 32.8 Å². The van der Waals surface area contributed by atoms with Gasteiger partial charge in [0.05, 0.1) is 17.1 Å². The van der Waals surface area contributed by atoms with E-state index in [9.17, 15) is 25.6 Å². The molecular formula is C18H24F2N4O4S2. The van der Waals surface area contributed by atoms with Crippen molar-refractivity contribution in [2.24, 2.45) is 7.05 Å². The smallest absolute Gasteiger partial charge is 0.246 e. The van der Waals surface area contributed by atoms with Crippen LogP contribution < -0.4 is 0 Å². The largest absolute Gasteiger partial charge is 0.271 e. The number of benzene rings is 1. The molecule has 0 amide bonds. The van der Waals surface area contributed by atoms with E-state index < -0.39 is 37.4 Å². The third-order valence-corrected chi connectivity index (χ3v) is 9.12. The van der Waals surface area contributed by atoms with Crippen LogP contribution in [0.4, 0.5) is 8.78 Å². The molecule has 0 spiro atoms. The summed E-state index contributed by atoms with van der Waals surface area (Å²) < 4.78 is 82.5. The van der Waals surface area contributed by atoms with Crippen LogP contribution in [-0.4, -0.2) is 61.4 Å². The third-order valence-electron chi connectivity index (χ3n) is 5.12. The first kappa shape index (κ1) is 22.8. The molecule has 8 nitrogen and oxygen atoms in total. The van der Waals surface area contributed by atoms with Crippen molar-refractivity contribution in [2.45, 2.75) is 30.9 Å². The van der Waals surface area contributed by atoms with Crippen LogP contribution in [0.2, 0.25) is 0 Å². The highest BCUT2D eigenvalue weighted by atomic mass is 32.2. The van der Waals surface area contributed by atoms with Gasteiger partial charge >= 0.3 is 0 Å². The Hall–Kier alpha value is -1.89. The quantitative estimate of drug-likeness (QED) is 0.672. The molecule has 1 aromatic carbocycles. The minimum absolute atomic E-state index is 0.00262. The van der Waals surface area contributed by atoms with Gasteiger partial charge in [0.25, 0.3) is 0 Å². The summed E-state index contributed by atoms with van der Waals surface area (Å²) in [6.07, 6.45) is 0.300. The highest BCUT2D eigenvalue weighted by molar-refractivity contribution is 7.89. The normalized spacial score (nSPS) is 17.2. The van der Waals surface area contributed by atoms with Crippen molar-refractivity contribution in [1.29, 1.82) is 0 Å². The van der Waals surface area contributed by atoms with Crippen molar-refractivity contribution >= 4 is 20.0 Å². The van der Waals surface area contributed by atoms with Crippen molar-refractivity contribution < 1.29 is 25.6 Å². The average Bonchev–Trinajstić information content (AvgIpc) is 2.78. The Bertz CT molecular complexity index is 1140. The van der Waals surface area contributed by atoms with Gasteiger partial charge in [-0.05, 0) is 38.0 Å². The first-order chi connectivity index (χ1) is 13.9. The predicted molar refractivity (Wildman–Crippen MR) is 107 cm³/mol. The van der Waals surface area contributed by atoms with Gasteiger partial charge in [-0.2, -0.15) is 9.40 Å². The molecule has 0 radical (unpaired) electrons. The van der Waals surface area contributed by atoms with Crippen LogP contribution in [0.5, 0.6) is 0 Å². The van der Waals surface area contributed by atoms with E-state index in [1.807, 2.05) is 0 Å². The highest BCUT2D eigenvalue weighted by Gasteiger charge is 2.34. The molecule has 1 aliphatic rings. The molecule has 166 valence electrons. The number of hydrogen-bond donors (Lipinski definition) is 0. The van der Waals surface area contributed by atoms with E-state index in [1.165, 1.54) is 13.3 Å². The lowest BCUT2D eigenvalue weighted by molar-refractivity contribution is 0.404. The molecule has 1 aliphatic heterocycles. The van der Waals surface area contributed by atoms with Gasteiger partial charge in [-0.25, -0.2) is 29.9 Å². The molecule has 1 aromatic heterocycles. The summed E-state index contributed by atoms with van der Waals surface area (Å²) in [6.45, 7) is 3.50. The molecule has 2 aromatic rings. The average molecular weight is 463 g/mol. The van der Waals surface area contributed by atoms with Crippen molar-refractivity contribution in [1.82, 2.24) is 18.4 Å². The number of rotatable bonds is 5. The number of hydrogen-bond acceptors (Lipinski definition) is 5. The lowest BCUT2D eigenvalue weighted by atomic mass is 10.2. The van der Waals surface area contributed by atoms with E-state index in [0.717, 1.165) is 12.1 Å². The summed E-state index contributed by atoms with van der Waals surface area (Å²) in [5.74, 6) is -2.26. The summed E-state index contributed by atoms with van der Waals surface area (Å²) in [4.78, 5) is 0.136. The minimum Gasteiger partial charge on any atom is -0.271 e. The zero-order chi connectivity index (χ0) is 22.3. The second kappa shape index (κ2) is 8.33. The zero-order valence-corrected chi connectivity index (χ0v) is 18.6. The van der Waals surface area contributed by atoms with Gasteiger partial charge in [0, 0.05) is 39.3 Å². The molecule has 0 N–H and O–H groups in total. The highest BCUT2D eigenvalue weighted by Crippen LogP contribution is 2.25. The molecule has 0 atom stereocenters. The van der Waals surface area contributed by atoms with Gasteiger partial charge in [0.15, 0.2) is 0 Å². The zero-order valence-electron chi connectivity index (χ0n) is 17.0. The summed E-state index contributed by atoms with van der Waals surface area (Å²) in [6, 6.07) is 2.62. The summed E-state index contributed by atoms with van der Waals surface area (Å²) >= 11 is 0. The maximum Gasteiger partial charge on any atom is 0.246 e. The Morgan fingerprint density at radius 1 is 0.933 bits per heavy atom. The van der Waals surface area contributed by atoms with Gasteiger partial charge in [-0.15, -0.1) is 0 Å². The van der Waals surface area contributed by atoms with E-state index in [4.69, 9.17) is 0 Å². The van der Waals surface area contributed by atoms with E-state index in [2.05, 4.69) is 5.10 Å². The monoisotopic (exact) mass is 462 g/mol. The Morgan fingerprint density at radius 3 is 2.07 bits per heavy atom. The molecule has 0 saturated carbocycles. The number of halogens is 2. The Kier molecular flexibility index (Phi) is 6.33. The lowest BCUT2D eigenvalue weighted by Gasteiger charge is -2.22. The molecule has 1 fully saturated rings. The summed E-state index contributed by atoms with van der Waals surface area (Å²) in [7, 11) is -6.05. The van der Waals surface area contributed by atoms with E-state index in [0.29, 0.717) is 23.9 Å². The van der Waals surface area contributed by atoms with Crippen LogP contribution in [0.15, 0.2) is 23.1 Å². The predicted octanol–water partition coefficient (Wildman–Crippen LogP) is 1.54. The van der Waals surface area contributed by atoms with E-state index >= 15 is 0 Å². The number of sulfonamides is 2. The summed E-state index contributed by atoms with van der Waals surface area (Å²) in [5.41, 5.74) is 0.897. The van der Waals surface area contributed by atoms with Crippen LogP contribution in [0, 0.1) is 25.5 Å². The van der Waals surface area contributed by atoms with Crippen LogP contribution in [0.25, 0.3) is 0 Å². The maximum absolute atomic E-state index is 13.4. The van der Waals surface area contributed by atoms with Crippen molar-refractivity contribution in [3.8, 4) is 0 Å². The van der Waals surface area contributed by atoms with Crippen molar-refractivity contribution in [3.05, 3.63) is 46.8 Å². The number of nitrogens with zero attached hydrogens (tertiary/aromatic N) is 4. The second-order valence-corrected chi connectivity index (χ2v) is 11.2. The van der Waals surface area contributed by atoms with E-state index in [-0.39, 0.29) is 36.6 Å². The Morgan fingerprint density at radius 2 is 1.50 bits per heavy atom. The van der Waals surface area contributed by atoms with Crippen molar-refractivity contribution in [2.75, 3.05) is 26.2 Å². The van der Waals surface area contributed by atoms with Crippen molar-refractivity contribution in [3.63, 3.8) is 0 Å². The molecule has 0 bridgehead atoms. The maximum atomic E-state index is 13.4. The fourth-order valence-electron chi connectivity index (χ4n) is 3.64. The third kappa shape index (κ3) is 4.56. The first-order valence-corrected chi connectivity index (χ1v) is 12.4. The molecule has 12 heteroatoms. The fraction of sp³-hybridized carbons (Fsp3) is 0.500. The van der Waals surface area contributed by atoms with E-state index in [1.54, 1.807) is 20.9 Å². The molecule has 30 heavy (non-hydrogen) atoms. The van der Waals surface area contributed by atoms with Crippen LogP contribution in [0.3, 0.4) is 0 Å². The number of aromatic nitrogens is 2. The fourth-order valence-corrected chi connectivity index (χ4v) is 7.05. The molecule has 2 heterocycles. The summed E-state index contributed by atoms with van der Waals surface area (Å²) in [5, 5.41) is 4.15. The lowest BCUT2D eigenvalue weighted by Crippen LogP contribution is -2.38. The van der Waals surface area contributed by atoms with Crippen LogP contribution in [0.1, 0.15) is 23.4 Å². The molecular weight excluding hydrogens is 438 g/mol. The molecule has 0 aliphatic carbocycles. The van der Waals surface area contributed by atoms with Gasteiger partial charge < -0.3 is 0 Å². The Labute approximate surface area is 175 Å². The Balaban J connectivity index is 1.78. The second-order valence-electron chi connectivity index (χ2n) is 7.31. The SMILES string of the molecule is Cc1nn(C)c(C)c1S(=O)(=O)N1CCCN(S(=O)(=O)Cc2cc(F)cc(F)c2)CC1. The van der Waals surface area contributed by atoms with Gasteiger partial charge in [-0.3, -0.25) is 4.68 Å². The minimum atomic E-state index is -3.88. The number of aryl methyl sites for hydroxylation is 2. The molecule has 0 unspecified atom stereocenters. The van der Waals surface area contributed by atoms with Gasteiger partial charge in [-0.1, -0.05) is 0 Å². The van der Waals surface area contributed by atoms with Gasteiger partial charge in [0.1, 0.15) is 16.5 Å². The van der Waals surface area contributed by atoms with Gasteiger partial charge in [0.2, 0.25) is 20.0 Å².